The van der Waals surface area contributed by atoms with Gasteiger partial charge in [0.2, 0.25) is 0 Å². The Hall–Kier alpha value is 0.180. The molecule has 1 heterocycles. The number of rotatable bonds is 0. The van der Waals surface area contributed by atoms with E-state index < -0.39 is 0 Å². The summed E-state index contributed by atoms with van der Waals surface area (Å²) in [6.45, 7) is 0. The van der Waals surface area contributed by atoms with Crippen LogP contribution in [0.2, 0.25) is 0 Å². The molecule has 0 N–H and O–H groups in total. The summed E-state index contributed by atoms with van der Waals surface area (Å²) in [5.41, 5.74) is 2.40. The molecule has 0 saturated heterocycles. The summed E-state index contributed by atoms with van der Waals surface area (Å²) < 4.78 is 1.30. The van der Waals surface area contributed by atoms with Crippen LogP contribution in [0.25, 0.3) is 10.8 Å². The summed E-state index contributed by atoms with van der Waals surface area (Å²) in [4.78, 5) is 4.63. The second kappa shape index (κ2) is 4.81. The summed E-state index contributed by atoms with van der Waals surface area (Å²) in [6, 6.07) is 10.7. The van der Waals surface area contributed by atoms with Crippen LogP contribution in [0.15, 0.2) is 35.3 Å². The molecule has 3 rings (SSSR count). The molecule has 0 unspecified atom stereocenters. The van der Waals surface area contributed by atoms with Gasteiger partial charge < -0.3 is 0 Å². The molecule has 2 aromatic rings. The van der Waals surface area contributed by atoms with Gasteiger partial charge >= 0.3 is 0 Å². The quantitative estimate of drug-likeness (QED) is 0.522. The number of nitrogens with zero attached hydrogens (tertiary/aromatic N) is 1. The van der Waals surface area contributed by atoms with E-state index in [0.29, 0.717) is 0 Å². The van der Waals surface area contributed by atoms with Crippen LogP contribution in [0, 0.1) is 3.57 Å². The fourth-order valence-corrected chi connectivity index (χ4v) is 3.16. The molecule has 1 aliphatic rings. The highest BCUT2D eigenvalue weighted by Gasteiger charge is 2.18. The Morgan fingerprint density at radius 1 is 1.19 bits per heavy atom. The maximum absolute atomic E-state index is 4.63. The lowest BCUT2D eigenvalue weighted by molar-refractivity contribution is 1.61. The second-order valence-corrected chi connectivity index (χ2v) is 5.37. The van der Waals surface area contributed by atoms with Crippen molar-refractivity contribution in [2.75, 3.05) is 6.26 Å². The molecule has 82 valence electrons. The van der Waals surface area contributed by atoms with Gasteiger partial charge in [-0.1, -0.05) is 18.2 Å². The number of halogens is 2. The minimum atomic E-state index is 0. The molecule has 16 heavy (non-hydrogen) atoms. The van der Waals surface area contributed by atoms with E-state index in [1.165, 1.54) is 19.9 Å². The molecule has 0 radical (unpaired) electrons. The zero-order valence-corrected chi connectivity index (χ0v) is 13.8. The lowest BCUT2D eigenvalue weighted by atomic mass is 10.1. The van der Waals surface area contributed by atoms with Gasteiger partial charge in [-0.2, -0.15) is 0 Å². The molecular formula is C12H9I2NS. The molecule has 1 nitrogen and oxygen atoms in total. The Morgan fingerprint density at radius 3 is 2.75 bits per heavy atom. The Balaban J connectivity index is 0.000000963. The van der Waals surface area contributed by atoms with Gasteiger partial charge in [-0.05, 0) is 46.4 Å². The topological polar surface area (TPSA) is 12.4 Å². The van der Waals surface area contributed by atoms with Crippen LogP contribution in [-0.2, 0) is 0 Å². The van der Waals surface area contributed by atoms with Crippen molar-refractivity contribution in [1.29, 1.82) is 0 Å². The van der Waals surface area contributed by atoms with Gasteiger partial charge in [0, 0.05) is 14.5 Å². The van der Waals surface area contributed by atoms with Crippen LogP contribution in [0.5, 0.6) is 0 Å². The zero-order chi connectivity index (χ0) is 10.4. The fraction of sp³-hybridized carbons (Fsp3) is 0.0833. The van der Waals surface area contributed by atoms with Crippen molar-refractivity contribution in [1.82, 2.24) is 0 Å². The number of thioether (sulfide) groups is 1. The standard InChI is InChI=1S/C12H8INS.HI/c1-15-12-8-4-2-3-7-9(13)5-6-10(14-12)11(7)8;/h2-6H,1H3;1H. The molecule has 0 fully saturated rings. The van der Waals surface area contributed by atoms with Crippen molar-refractivity contribution in [3.63, 3.8) is 0 Å². The van der Waals surface area contributed by atoms with Crippen molar-refractivity contribution in [3.8, 4) is 0 Å². The van der Waals surface area contributed by atoms with Crippen molar-refractivity contribution in [2.24, 2.45) is 4.99 Å². The average Bonchev–Trinajstić information content (AvgIpc) is 2.64. The molecular weight excluding hydrogens is 444 g/mol. The number of benzene rings is 2. The van der Waals surface area contributed by atoms with Gasteiger partial charge in [-0.3, -0.25) is 0 Å². The summed E-state index contributed by atoms with van der Waals surface area (Å²) in [7, 11) is 0. The molecule has 0 atom stereocenters. The lowest BCUT2D eigenvalue weighted by Gasteiger charge is -2.03. The molecule has 0 amide bonds. The van der Waals surface area contributed by atoms with E-state index in [9.17, 15) is 0 Å². The van der Waals surface area contributed by atoms with Gasteiger partial charge in [0.25, 0.3) is 0 Å². The first-order valence-corrected chi connectivity index (χ1v) is 6.96. The zero-order valence-electron chi connectivity index (χ0n) is 8.53. The largest absolute Gasteiger partial charge is 0.241 e. The minimum absolute atomic E-state index is 0. The number of hydrogen-bond acceptors (Lipinski definition) is 2. The van der Waals surface area contributed by atoms with E-state index in [4.69, 9.17) is 0 Å². The third-order valence-corrected chi connectivity index (χ3v) is 4.25. The summed E-state index contributed by atoms with van der Waals surface area (Å²) in [6.07, 6.45) is 2.08. The fourth-order valence-electron chi connectivity index (χ4n) is 1.95. The third-order valence-electron chi connectivity index (χ3n) is 2.61. The smallest absolute Gasteiger partial charge is 0.104 e. The Bertz CT molecular complexity index is 593. The molecule has 0 aliphatic carbocycles. The van der Waals surface area contributed by atoms with Crippen molar-refractivity contribution >= 4 is 79.8 Å². The van der Waals surface area contributed by atoms with Crippen LogP contribution >= 0.6 is 58.3 Å². The van der Waals surface area contributed by atoms with Crippen molar-refractivity contribution in [2.45, 2.75) is 0 Å². The molecule has 2 aromatic carbocycles. The SMILES string of the molecule is CSC1=Nc2ccc(I)c3cccc1c23.I. The highest BCUT2D eigenvalue weighted by atomic mass is 127. The van der Waals surface area contributed by atoms with Gasteiger partial charge in [-0.15, -0.1) is 35.7 Å². The van der Waals surface area contributed by atoms with Crippen LogP contribution < -0.4 is 0 Å². The summed E-state index contributed by atoms with van der Waals surface area (Å²) in [5, 5.41) is 3.77. The van der Waals surface area contributed by atoms with Crippen LogP contribution in [0.4, 0.5) is 5.69 Å². The summed E-state index contributed by atoms with van der Waals surface area (Å²) in [5.74, 6) is 0. The van der Waals surface area contributed by atoms with E-state index in [0.717, 1.165) is 10.7 Å². The highest BCUT2D eigenvalue weighted by Crippen LogP contribution is 2.39. The Kier molecular flexibility index (Phi) is 3.80. The van der Waals surface area contributed by atoms with Gasteiger partial charge in [-0.25, -0.2) is 4.99 Å². The second-order valence-electron chi connectivity index (χ2n) is 3.42. The normalized spacial score (nSPS) is 12.5. The van der Waals surface area contributed by atoms with Crippen molar-refractivity contribution in [3.05, 3.63) is 39.5 Å². The predicted octanol–water partition coefficient (Wildman–Crippen LogP) is 4.82. The Labute approximate surface area is 129 Å². The van der Waals surface area contributed by atoms with Crippen LogP contribution in [-0.4, -0.2) is 11.3 Å². The van der Waals surface area contributed by atoms with E-state index >= 15 is 0 Å². The van der Waals surface area contributed by atoms with E-state index in [1.807, 2.05) is 0 Å². The van der Waals surface area contributed by atoms with E-state index in [-0.39, 0.29) is 24.0 Å². The lowest BCUT2D eigenvalue weighted by Crippen LogP contribution is -1.89. The van der Waals surface area contributed by atoms with Crippen molar-refractivity contribution < 1.29 is 0 Å². The maximum Gasteiger partial charge on any atom is 0.104 e. The third kappa shape index (κ3) is 1.78. The molecule has 1 aliphatic heterocycles. The van der Waals surface area contributed by atoms with Gasteiger partial charge in [0.05, 0.1) is 5.69 Å². The van der Waals surface area contributed by atoms with E-state index in [2.05, 4.69) is 64.2 Å². The first-order valence-electron chi connectivity index (χ1n) is 4.65. The first-order chi connectivity index (χ1) is 7.31. The van der Waals surface area contributed by atoms with Crippen LogP contribution in [0.1, 0.15) is 5.56 Å². The number of hydrogen-bond donors (Lipinski definition) is 0. The predicted molar refractivity (Wildman–Crippen MR) is 91.8 cm³/mol. The molecule has 0 bridgehead atoms. The summed E-state index contributed by atoms with van der Waals surface area (Å²) >= 11 is 4.10. The molecule has 0 aromatic heterocycles. The number of aliphatic imine (C=N–C) groups is 1. The van der Waals surface area contributed by atoms with Gasteiger partial charge in [0.1, 0.15) is 5.04 Å². The highest BCUT2D eigenvalue weighted by molar-refractivity contribution is 14.1. The Morgan fingerprint density at radius 2 is 2.00 bits per heavy atom. The maximum atomic E-state index is 4.63. The first kappa shape index (κ1) is 12.6. The molecule has 0 spiro atoms. The van der Waals surface area contributed by atoms with E-state index in [1.54, 1.807) is 11.8 Å². The van der Waals surface area contributed by atoms with Crippen LogP contribution in [0.3, 0.4) is 0 Å². The monoisotopic (exact) mass is 453 g/mol. The van der Waals surface area contributed by atoms with Gasteiger partial charge in [0.15, 0.2) is 0 Å². The molecule has 4 heteroatoms. The minimum Gasteiger partial charge on any atom is -0.241 e. The average molecular weight is 453 g/mol. The molecule has 0 saturated carbocycles.